The molecular formula is C13H11FO2S. The molecule has 1 N–H and O–H groups in total. The van der Waals surface area contributed by atoms with Crippen LogP contribution in [0.3, 0.4) is 0 Å². The Balaban J connectivity index is 2.10. The highest BCUT2D eigenvalue weighted by Crippen LogP contribution is 2.38. The fourth-order valence-electron chi connectivity index (χ4n) is 2.47. The van der Waals surface area contributed by atoms with Gasteiger partial charge in [0.25, 0.3) is 0 Å². The maximum absolute atomic E-state index is 13.2. The number of benzene rings is 1. The molecule has 1 aromatic heterocycles. The number of halogens is 1. The summed E-state index contributed by atoms with van der Waals surface area (Å²) in [6.45, 7) is 0. The van der Waals surface area contributed by atoms with E-state index < -0.39 is 5.97 Å². The Hall–Kier alpha value is -1.42. The van der Waals surface area contributed by atoms with E-state index in [0.717, 1.165) is 26.9 Å². The van der Waals surface area contributed by atoms with E-state index in [1.807, 2.05) is 0 Å². The predicted octanol–water partition coefficient (Wildman–Crippen LogP) is 3.23. The van der Waals surface area contributed by atoms with Crippen molar-refractivity contribution in [1.82, 2.24) is 0 Å². The van der Waals surface area contributed by atoms with Gasteiger partial charge < -0.3 is 5.11 Å². The molecule has 1 unspecified atom stereocenters. The van der Waals surface area contributed by atoms with Crippen molar-refractivity contribution in [2.24, 2.45) is 5.92 Å². The molecule has 1 aliphatic carbocycles. The molecule has 0 fully saturated rings. The molecule has 0 aliphatic heterocycles. The average molecular weight is 250 g/mol. The quantitative estimate of drug-likeness (QED) is 0.843. The zero-order valence-electron chi connectivity index (χ0n) is 9.07. The summed E-state index contributed by atoms with van der Waals surface area (Å²) in [5, 5.41) is 9.99. The van der Waals surface area contributed by atoms with Crippen LogP contribution in [0.25, 0.3) is 10.1 Å². The third-order valence-electron chi connectivity index (χ3n) is 3.36. The predicted molar refractivity (Wildman–Crippen MR) is 64.9 cm³/mol. The lowest BCUT2D eigenvalue weighted by Crippen LogP contribution is -2.20. The van der Waals surface area contributed by atoms with Crippen LogP contribution in [0.15, 0.2) is 18.2 Å². The molecule has 2 aromatic rings. The van der Waals surface area contributed by atoms with E-state index in [-0.39, 0.29) is 11.7 Å². The molecule has 1 heterocycles. The summed E-state index contributed by atoms with van der Waals surface area (Å²) in [6, 6.07) is 4.80. The Labute approximate surface area is 102 Å². The first kappa shape index (κ1) is 10.7. The number of aliphatic carboxylic acids is 1. The second-order valence-electron chi connectivity index (χ2n) is 4.42. The van der Waals surface area contributed by atoms with Gasteiger partial charge in [-0.3, -0.25) is 4.79 Å². The van der Waals surface area contributed by atoms with Crippen molar-refractivity contribution in [1.29, 1.82) is 0 Å². The molecule has 0 spiro atoms. The second kappa shape index (κ2) is 3.81. The van der Waals surface area contributed by atoms with Gasteiger partial charge in [0.05, 0.1) is 5.92 Å². The van der Waals surface area contributed by atoms with Gasteiger partial charge in [-0.1, -0.05) is 0 Å². The van der Waals surface area contributed by atoms with E-state index in [9.17, 15) is 9.18 Å². The number of carbonyl (C=O) groups is 1. The smallest absolute Gasteiger partial charge is 0.306 e. The standard InChI is InChI=1S/C13H11FO2S/c14-8-2-4-11-10(6-8)9-3-1-7(13(15)16)5-12(9)17-11/h2,4,6-7H,1,3,5H2,(H,15,16). The van der Waals surface area contributed by atoms with Crippen LogP contribution in [0.2, 0.25) is 0 Å². The number of fused-ring (bicyclic) bond motifs is 3. The van der Waals surface area contributed by atoms with Gasteiger partial charge in [-0.05, 0) is 48.4 Å². The van der Waals surface area contributed by atoms with Crippen molar-refractivity contribution in [2.45, 2.75) is 19.3 Å². The van der Waals surface area contributed by atoms with Crippen molar-refractivity contribution in [3.63, 3.8) is 0 Å². The summed E-state index contributed by atoms with van der Waals surface area (Å²) in [6.07, 6.45) is 1.99. The van der Waals surface area contributed by atoms with E-state index in [0.29, 0.717) is 12.8 Å². The van der Waals surface area contributed by atoms with E-state index in [1.165, 1.54) is 6.07 Å². The van der Waals surface area contributed by atoms with Crippen molar-refractivity contribution in [2.75, 3.05) is 0 Å². The number of hydrogen-bond acceptors (Lipinski definition) is 2. The summed E-state index contributed by atoms with van der Waals surface area (Å²) in [5.41, 5.74) is 1.15. The maximum Gasteiger partial charge on any atom is 0.306 e. The van der Waals surface area contributed by atoms with Crippen LogP contribution in [0.4, 0.5) is 4.39 Å². The van der Waals surface area contributed by atoms with Crippen molar-refractivity contribution >= 4 is 27.4 Å². The second-order valence-corrected chi connectivity index (χ2v) is 5.56. The largest absolute Gasteiger partial charge is 0.481 e. The van der Waals surface area contributed by atoms with Crippen molar-refractivity contribution < 1.29 is 14.3 Å². The van der Waals surface area contributed by atoms with Gasteiger partial charge in [0.2, 0.25) is 0 Å². The monoisotopic (exact) mass is 250 g/mol. The highest BCUT2D eigenvalue weighted by atomic mass is 32.1. The molecule has 1 aliphatic rings. The number of hydrogen-bond donors (Lipinski definition) is 1. The molecule has 0 bridgehead atoms. The van der Waals surface area contributed by atoms with Gasteiger partial charge in [-0.15, -0.1) is 11.3 Å². The molecule has 0 radical (unpaired) electrons. The molecular weight excluding hydrogens is 239 g/mol. The maximum atomic E-state index is 13.2. The van der Waals surface area contributed by atoms with E-state index in [2.05, 4.69) is 0 Å². The van der Waals surface area contributed by atoms with Gasteiger partial charge >= 0.3 is 5.97 Å². The van der Waals surface area contributed by atoms with Crippen molar-refractivity contribution in [3.05, 3.63) is 34.5 Å². The van der Waals surface area contributed by atoms with Crippen LogP contribution in [-0.2, 0) is 17.6 Å². The molecule has 0 saturated heterocycles. The first-order valence-corrected chi connectivity index (χ1v) is 6.39. The Kier molecular flexibility index (Phi) is 2.40. The average Bonchev–Trinajstić information content (AvgIpc) is 2.66. The summed E-state index contributed by atoms with van der Waals surface area (Å²) in [4.78, 5) is 12.1. The molecule has 1 atom stereocenters. The van der Waals surface area contributed by atoms with Crippen molar-refractivity contribution in [3.8, 4) is 0 Å². The zero-order chi connectivity index (χ0) is 12.0. The van der Waals surface area contributed by atoms with Gasteiger partial charge in [0.15, 0.2) is 0 Å². The minimum Gasteiger partial charge on any atom is -0.481 e. The Morgan fingerprint density at radius 3 is 3.06 bits per heavy atom. The minimum atomic E-state index is -0.723. The Bertz CT molecular complexity index is 603. The Morgan fingerprint density at radius 1 is 1.47 bits per heavy atom. The molecule has 0 saturated carbocycles. The highest BCUT2D eigenvalue weighted by Gasteiger charge is 2.27. The third-order valence-corrected chi connectivity index (χ3v) is 4.60. The zero-order valence-corrected chi connectivity index (χ0v) is 9.89. The molecule has 17 heavy (non-hydrogen) atoms. The summed E-state index contributed by atoms with van der Waals surface area (Å²) in [7, 11) is 0. The lowest BCUT2D eigenvalue weighted by molar-refractivity contribution is -0.142. The summed E-state index contributed by atoms with van der Waals surface area (Å²) >= 11 is 1.60. The SMILES string of the molecule is O=C(O)C1CCc2c(sc3ccc(F)cc23)C1. The lowest BCUT2D eigenvalue weighted by atomic mass is 9.88. The van der Waals surface area contributed by atoms with Gasteiger partial charge in [-0.25, -0.2) is 4.39 Å². The number of rotatable bonds is 1. The van der Waals surface area contributed by atoms with Crippen LogP contribution in [0.1, 0.15) is 16.9 Å². The first-order valence-electron chi connectivity index (χ1n) is 5.58. The number of aryl methyl sites for hydroxylation is 1. The van der Waals surface area contributed by atoms with E-state index in [1.54, 1.807) is 23.5 Å². The van der Waals surface area contributed by atoms with Crippen LogP contribution in [-0.4, -0.2) is 11.1 Å². The number of carboxylic acids is 1. The number of thiophene rings is 1. The van der Waals surface area contributed by atoms with Gasteiger partial charge in [-0.2, -0.15) is 0 Å². The normalized spacial score (nSPS) is 19.2. The highest BCUT2D eigenvalue weighted by molar-refractivity contribution is 7.19. The minimum absolute atomic E-state index is 0.224. The molecule has 4 heteroatoms. The number of carboxylic acid groups (broad SMARTS) is 1. The first-order chi connectivity index (χ1) is 8.15. The third kappa shape index (κ3) is 1.72. The van der Waals surface area contributed by atoms with Gasteiger partial charge in [0.1, 0.15) is 5.82 Å². The van der Waals surface area contributed by atoms with E-state index in [4.69, 9.17) is 5.11 Å². The summed E-state index contributed by atoms with van der Waals surface area (Å²) in [5.74, 6) is -1.22. The lowest BCUT2D eigenvalue weighted by Gasteiger charge is -2.18. The molecule has 1 aromatic carbocycles. The molecule has 3 rings (SSSR count). The fraction of sp³-hybridized carbons (Fsp3) is 0.308. The molecule has 2 nitrogen and oxygen atoms in total. The van der Waals surface area contributed by atoms with E-state index >= 15 is 0 Å². The van der Waals surface area contributed by atoms with Gasteiger partial charge in [0, 0.05) is 9.58 Å². The van der Waals surface area contributed by atoms with Crippen LogP contribution in [0.5, 0.6) is 0 Å². The summed E-state index contributed by atoms with van der Waals surface area (Å²) < 4.78 is 14.3. The molecule has 88 valence electrons. The topological polar surface area (TPSA) is 37.3 Å². The molecule has 0 amide bonds. The fourth-order valence-corrected chi connectivity index (χ4v) is 3.78. The van der Waals surface area contributed by atoms with Crippen LogP contribution < -0.4 is 0 Å². The van der Waals surface area contributed by atoms with Crippen LogP contribution in [0, 0.1) is 11.7 Å². The Morgan fingerprint density at radius 2 is 2.29 bits per heavy atom. The van der Waals surface area contributed by atoms with Crippen LogP contribution >= 0.6 is 11.3 Å².